The van der Waals surface area contributed by atoms with Gasteiger partial charge in [0.15, 0.2) is 6.73 Å². The summed E-state index contributed by atoms with van der Waals surface area (Å²) in [5.41, 5.74) is 3.79. The van der Waals surface area contributed by atoms with Gasteiger partial charge in [-0.2, -0.15) is 0 Å². The van der Waals surface area contributed by atoms with Crippen LogP contribution in [0.3, 0.4) is 0 Å². The molecule has 6 nitrogen and oxygen atoms in total. The summed E-state index contributed by atoms with van der Waals surface area (Å²) in [7, 11) is 0. The number of anilines is 2. The van der Waals surface area contributed by atoms with Crippen molar-refractivity contribution < 1.29 is 14.6 Å². The number of carbonyl (C=O) groups excluding carboxylic acids is 1. The second-order valence-corrected chi connectivity index (χ2v) is 7.50. The molecule has 0 fully saturated rings. The molecule has 1 aliphatic rings. The van der Waals surface area contributed by atoms with E-state index in [9.17, 15) is 9.90 Å². The number of unbranched alkanes of at least 4 members (excludes halogenated alkanes) is 1. The fraction of sp³-hybridized carbons (Fsp3) is 0.333. The van der Waals surface area contributed by atoms with Gasteiger partial charge in [0.05, 0.1) is 18.5 Å². The molecule has 0 aliphatic carbocycles. The smallest absolute Gasteiger partial charge is 0.331 e. The van der Waals surface area contributed by atoms with Crippen LogP contribution in [0.2, 0.25) is 0 Å². The third-order valence-corrected chi connectivity index (χ3v) is 5.56. The molecule has 2 heterocycles. The van der Waals surface area contributed by atoms with Crippen molar-refractivity contribution in [1.82, 2.24) is 9.55 Å². The van der Waals surface area contributed by atoms with Gasteiger partial charge in [0, 0.05) is 24.2 Å². The lowest BCUT2D eigenvalue weighted by atomic mass is 10.1. The van der Waals surface area contributed by atoms with E-state index in [1.165, 1.54) is 0 Å². The summed E-state index contributed by atoms with van der Waals surface area (Å²) < 4.78 is 7.56. The minimum atomic E-state index is -0.426. The Kier molecular flexibility index (Phi) is 6.14. The number of benzene rings is 2. The van der Waals surface area contributed by atoms with Crippen molar-refractivity contribution in [3.8, 4) is 0 Å². The Labute approximate surface area is 176 Å². The van der Waals surface area contributed by atoms with Crippen LogP contribution in [0.5, 0.6) is 0 Å². The standard InChI is InChI=1S/C24H27N3O3/c1-2-3-13-23-25-15-20(16-28)26(23)17-30-24(29)22-14-18-9-7-8-12-21(18)27(22)19-10-5-4-6-11-19/h4-12,15,22,28H,2-3,13-14,16-17H2,1H3/t22-/m1/s1. The lowest BCUT2D eigenvalue weighted by molar-refractivity contribution is -0.149. The highest BCUT2D eigenvalue weighted by Gasteiger charge is 2.36. The third-order valence-electron chi connectivity index (χ3n) is 5.56. The number of aliphatic hydroxyl groups is 1. The fourth-order valence-corrected chi connectivity index (χ4v) is 3.98. The maximum absolute atomic E-state index is 13.2. The molecule has 2 aromatic carbocycles. The summed E-state index contributed by atoms with van der Waals surface area (Å²) in [5, 5.41) is 9.63. The number of fused-ring (bicyclic) bond motifs is 1. The van der Waals surface area contributed by atoms with E-state index in [1.807, 2.05) is 53.1 Å². The number of para-hydroxylation sites is 2. The zero-order valence-corrected chi connectivity index (χ0v) is 17.2. The summed E-state index contributed by atoms with van der Waals surface area (Å²) in [6.07, 6.45) is 5.09. The number of ether oxygens (including phenoxy) is 1. The molecule has 4 rings (SSSR count). The molecule has 0 unspecified atom stereocenters. The molecule has 0 saturated carbocycles. The van der Waals surface area contributed by atoms with E-state index in [2.05, 4.69) is 22.9 Å². The van der Waals surface area contributed by atoms with Gasteiger partial charge in [0.2, 0.25) is 0 Å². The van der Waals surface area contributed by atoms with Crippen LogP contribution in [-0.4, -0.2) is 26.7 Å². The first-order valence-electron chi connectivity index (χ1n) is 10.5. The van der Waals surface area contributed by atoms with Gasteiger partial charge in [-0.1, -0.05) is 49.7 Å². The van der Waals surface area contributed by atoms with E-state index >= 15 is 0 Å². The molecule has 30 heavy (non-hydrogen) atoms. The molecule has 1 atom stereocenters. The van der Waals surface area contributed by atoms with Crippen molar-refractivity contribution in [2.24, 2.45) is 0 Å². The van der Waals surface area contributed by atoms with Crippen molar-refractivity contribution >= 4 is 17.3 Å². The van der Waals surface area contributed by atoms with Crippen molar-refractivity contribution in [2.45, 2.75) is 52.0 Å². The number of aryl methyl sites for hydroxylation is 1. The maximum atomic E-state index is 13.2. The van der Waals surface area contributed by atoms with Crippen LogP contribution in [0.1, 0.15) is 36.8 Å². The first-order valence-corrected chi connectivity index (χ1v) is 10.5. The fourth-order valence-electron chi connectivity index (χ4n) is 3.98. The first kappa shape index (κ1) is 20.2. The minimum absolute atomic E-state index is 0.0588. The Hall–Kier alpha value is -3.12. The highest BCUT2D eigenvalue weighted by Crippen LogP contribution is 2.38. The number of nitrogens with zero attached hydrogens (tertiary/aromatic N) is 3. The number of aliphatic hydroxyl groups excluding tert-OH is 1. The van der Waals surface area contributed by atoms with E-state index in [0.717, 1.165) is 42.0 Å². The van der Waals surface area contributed by atoms with Crippen LogP contribution >= 0.6 is 0 Å². The summed E-state index contributed by atoms with van der Waals surface area (Å²) in [5.74, 6) is 0.553. The van der Waals surface area contributed by atoms with Gasteiger partial charge in [-0.05, 0) is 30.2 Å². The highest BCUT2D eigenvalue weighted by atomic mass is 16.5. The molecule has 156 valence electrons. The number of imidazole rings is 1. The Morgan fingerprint density at radius 3 is 2.70 bits per heavy atom. The summed E-state index contributed by atoms with van der Waals surface area (Å²) in [4.78, 5) is 19.6. The molecule has 1 aromatic heterocycles. The molecule has 0 amide bonds. The molecule has 0 saturated heterocycles. The maximum Gasteiger partial charge on any atom is 0.331 e. The summed E-state index contributed by atoms with van der Waals surface area (Å²) in [6.45, 7) is 2.04. The van der Waals surface area contributed by atoms with Crippen molar-refractivity contribution in [2.75, 3.05) is 4.90 Å². The molecule has 3 aromatic rings. The number of aromatic nitrogens is 2. The van der Waals surface area contributed by atoms with Crippen LogP contribution in [0.15, 0.2) is 60.8 Å². The molecule has 1 N–H and O–H groups in total. The second kappa shape index (κ2) is 9.13. The van der Waals surface area contributed by atoms with Crippen LogP contribution < -0.4 is 4.90 Å². The quantitative estimate of drug-likeness (QED) is 0.574. The number of hydrogen-bond acceptors (Lipinski definition) is 5. The number of esters is 1. The van der Waals surface area contributed by atoms with Crippen LogP contribution in [0.25, 0.3) is 0 Å². The van der Waals surface area contributed by atoms with Gasteiger partial charge in [0.25, 0.3) is 0 Å². The van der Waals surface area contributed by atoms with Gasteiger partial charge >= 0.3 is 5.97 Å². The monoisotopic (exact) mass is 405 g/mol. The average Bonchev–Trinajstić information content (AvgIpc) is 3.37. The van der Waals surface area contributed by atoms with Gasteiger partial charge in [-0.25, -0.2) is 9.78 Å². The highest BCUT2D eigenvalue weighted by molar-refractivity contribution is 5.88. The van der Waals surface area contributed by atoms with Crippen LogP contribution in [0, 0.1) is 0 Å². The second-order valence-electron chi connectivity index (χ2n) is 7.50. The topological polar surface area (TPSA) is 67.6 Å². The first-order chi connectivity index (χ1) is 14.7. The Balaban J connectivity index is 1.54. The molecule has 1 aliphatic heterocycles. The van der Waals surface area contributed by atoms with Crippen molar-refractivity contribution in [3.05, 3.63) is 77.9 Å². The molecule has 0 bridgehead atoms. The number of hydrogen-bond donors (Lipinski definition) is 1. The number of carbonyl (C=O) groups is 1. The van der Waals surface area contributed by atoms with E-state index < -0.39 is 6.04 Å². The van der Waals surface area contributed by atoms with Crippen LogP contribution in [0.4, 0.5) is 11.4 Å². The average molecular weight is 405 g/mol. The van der Waals surface area contributed by atoms with Gasteiger partial charge in [-0.15, -0.1) is 0 Å². The molecular formula is C24H27N3O3. The van der Waals surface area contributed by atoms with Gasteiger partial charge in [-0.3, -0.25) is 4.57 Å². The van der Waals surface area contributed by atoms with E-state index in [-0.39, 0.29) is 19.3 Å². The molecule has 6 heteroatoms. The largest absolute Gasteiger partial charge is 0.442 e. The zero-order chi connectivity index (χ0) is 20.9. The molecule has 0 spiro atoms. The predicted molar refractivity (Wildman–Crippen MR) is 115 cm³/mol. The summed E-state index contributed by atoms with van der Waals surface area (Å²) >= 11 is 0. The van der Waals surface area contributed by atoms with Crippen molar-refractivity contribution in [1.29, 1.82) is 0 Å². The van der Waals surface area contributed by atoms with Crippen LogP contribution in [-0.2, 0) is 35.7 Å². The minimum Gasteiger partial charge on any atom is -0.442 e. The lowest BCUT2D eigenvalue weighted by Crippen LogP contribution is -2.37. The Morgan fingerprint density at radius 1 is 1.17 bits per heavy atom. The van der Waals surface area contributed by atoms with Gasteiger partial charge in [0.1, 0.15) is 11.9 Å². The predicted octanol–water partition coefficient (Wildman–Crippen LogP) is 3.98. The normalized spacial score (nSPS) is 15.3. The van der Waals surface area contributed by atoms with Crippen molar-refractivity contribution in [3.63, 3.8) is 0 Å². The van der Waals surface area contributed by atoms with E-state index in [0.29, 0.717) is 12.1 Å². The SMILES string of the molecule is CCCCc1ncc(CO)n1COC(=O)[C@H]1Cc2ccccc2N1c1ccccc1. The van der Waals surface area contributed by atoms with Gasteiger partial charge < -0.3 is 14.7 Å². The zero-order valence-electron chi connectivity index (χ0n) is 17.2. The third kappa shape index (κ3) is 3.96. The molecular weight excluding hydrogens is 378 g/mol. The lowest BCUT2D eigenvalue weighted by Gasteiger charge is -2.26. The van der Waals surface area contributed by atoms with E-state index in [1.54, 1.807) is 6.20 Å². The Bertz CT molecular complexity index is 1000. The summed E-state index contributed by atoms with van der Waals surface area (Å²) in [6, 6.07) is 17.6. The van der Waals surface area contributed by atoms with E-state index in [4.69, 9.17) is 4.74 Å². The Morgan fingerprint density at radius 2 is 1.93 bits per heavy atom. The molecule has 0 radical (unpaired) electrons. The number of rotatable bonds is 8.